The number of hydrogen-bond acceptors (Lipinski definition) is 6. The molecular weight excluding hydrogens is 449 g/mol. The first kappa shape index (κ1) is 22.4. The molecule has 166 valence electrons. The average Bonchev–Trinajstić information content (AvgIpc) is 2.77. The molecule has 3 aromatic rings. The Morgan fingerprint density at radius 3 is 2.72 bits per heavy atom. The van der Waals surface area contributed by atoms with Gasteiger partial charge in [-0.05, 0) is 49.9 Å². The van der Waals surface area contributed by atoms with E-state index in [-0.39, 0.29) is 23.7 Å². The van der Waals surface area contributed by atoms with E-state index < -0.39 is 0 Å². The lowest BCUT2D eigenvalue weighted by atomic mass is 9.92. The van der Waals surface area contributed by atoms with E-state index in [4.69, 9.17) is 27.9 Å². The number of carbonyl (C=O) groups excluding carboxylic acids is 1. The predicted octanol–water partition coefficient (Wildman–Crippen LogP) is 4.87. The molecule has 4 heterocycles. The number of likely N-dealkylation sites (tertiary alicyclic amines) is 1. The number of pyridine rings is 2. The molecule has 3 aromatic heterocycles. The summed E-state index contributed by atoms with van der Waals surface area (Å²) in [5.74, 6) is 1.11. The summed E-state index contributed by atoms with van der Waals surface area (Å²) in [5.41, 5.74) is 1.71. The smallest absolute Gasteiger partial charge is 0.273 e. The normalized spacial score (nSPS) is 18.4. The predicted molar refractivity (Wildman–Crippen MR) is 123 cm³/mol. The van der Waals surface area contributed by atoms with Crippen LogP contribution in [0.25, 0.3) is 11.4 Å². The van der Waals surface area contributed by atoms with Crippen molar-refractivity contribution in [3.63, 3.8) is 0 Å². The molecule has 0 bridgehead atoms. The highest BCUT2D eigenvalue weighted by molar-refractivity contribution is 6.34. The third kappa shape index (κ3) is 5.16. The number of hydrogen-bond donors (Lipinski definition) is 0. The minimum absolute atomic E-state index is 0.141. The van der Waals surface area contributed by atoms with E-state index in [2.05, 4.69) is 26.9 Å². The maximum Gasteiger partial charge on any atom is 0.273 e. The summed E-state index contributed by atoms with van der Waals surface area (Å²) >= 11 is 12.0. The van der Waals surface area contributed by atoms with Crippen molar-refractivity contribution in [2.45, 2.75) is 32.7 Å². The van der Waals surface area contributed by atoms with Gasteiger partial charge in [0.25, 0.3) is 5.91 Å². The highest BCUT2D eigenvalue weighted by Gasteiger charge is 2.33. The van der Waals surface area contributed by atoms with Crippen molar-refractivity contribution in [1.29, 1.82) is 0 Å². The molecule has 0 saturated carbocycles. The number of piperidine rings is 1. The molecule has 0 radical (unpaired) electrons. The minimum atomic E-state index is -0.159. The Morgan fingerprint density at radius 2 is 1.97 bits per heavy atom. The molecule has 0 spiro atoms. The Balaban J connectivity index is 1.61. The van der Waals surface area contributed by atoms with Gasteiger partial charge in [-0.3, -0.25) is 4.79 Å². The molecule has 1 amide bonds. The van der Waals surface area contributed by atoms with E-state index in [9.17, 15) is 4.79 Å². The van der Waals surface area contributed by atoms with Crippen LogP contribution in [-0.2, 0) is 0 Å². The van der Waals surface area contributed by atoms with Gasteiger partial charge in [0.2, 0.25) is 5.88 Å². The van der Waals surface area contributed by atoms with Crippen molar-refractivity contribution in [3.8, 4) is 17.3 Å². The van der Waals surface area contributed by atoms with Gasteiger partial charge in [0.05, 0.1) is 11.6 Å². The molecule has 0 aromatic carbocycles. The molecule has 2 atom stereocenters. The molecule has 1 aliphatic rings. The summed E-state index contributed by atoms with van der Waals surface area (Å²) in [4.78, 5) is 32.8. The molecule has 1 aliphatic heterocycles. The number of aromatic nitrogens is 4. The Labute approximate surface area is 196 Å². The zero-order valence-electron chi connectivity index (χ0n) is 17.8. The van der Waals surface area contributed by atoms with Gasteiger partial charge in [-0.2, -0.15) is 0 Å². The van der Waals surface area contributed by atoms with Crippen LogP contribution >= 0.6 is 23.2 Å². The number of amides is 1. The van der Waals surface area contributed by atoms with Crippen molar-refractivity contribution in [2.24, 2.45) is 5.92 Å². The van der Waals surface area contributed by atoms with Gasteiger partial charge in [0, 0.05) is 35.7 Å². The summed E-state index contributed by atoms with van der Waals surface area (Å²) in [6.07, 6.45) is 5.02. The Morgan fingerprint density at radius 1 is 1.19 bits per heavy atom. The zero-order valence-corrected chi connectivity index (χ0v) is 19.3. The van der Waals surface area contributed by atoms with Crippen molar-refractivity contribution in [2.75, 3.05) is 13.2 Å². The largest absolute Gasteiger partial charge is 0.475 e. The first-order valence-electron chi connectivity index (χ1n) is 10.4. The number of carbonyl (C=O) groups is 1. The van der Waals surface area contributed by atoms with Crippen molar-refractivity contribution >= 4 is 29.1 Å². The molecule has 4 rings (SSSR count). The van der Waals surface area contributed by atoms with Crippen LogP contribution in [0.2, 0.25) is 10.2 Å². The van der Waals surface area contributed by atoms with E-state index in [0.29, 0.717) is 40.4 Å². The number of ether oxygens (including phenoxy) is 1. The van der Waals surface area contributed by atoms with Gasteiger partial charge in [0.1, 0.15) is 17.5 Å². The SMILES string of the molecule is Cc1ccc(-c2ncccn2)c(C(=O)N2CC[C@@H](C)C[C@H]2COc2cc(Cl)cc(Cl)n2)n1. The van der Waals surface area contributed by atoms with Crippen LogP contribution in [0.15, 0.2) is 42.7 Å². The van der Waals surface area contributed by atoms with E-state index >= 15 is 0 Å². The van der Waals surface area contributed by atoms with Crippen LogP contribution in [-0.4, -0.2) is 49.9 Å². The second kappa shape index (κ2) is 9.79. The van der Waals surface area contributed by atoms with Crippen LogP contribution in [0.4, 0.5) is 0 Å². The van der Waals surface area contributed by atoms with E-state index in [1.807, 2.05) is 24.0 Å². The van der Waals surface area contributed by atoms with Crippen molar-refractivity contribution < 1.29 is 9.53 Å². The highest BCUT2D eigenvalue weighted by Crippen LogP contribution is 2.28. The molecule has 0 N–H and O–H groups in total. The fourth-order valence-corrected chi connectivity index (χ4v) is 4.30. The maximum atomic E-state index is 13.7. The Kier molecular flexibility index (Phi) is 6.86. The first-order chi connectivity index (χ1) is 15.4. The monoisotopic (exact) mass is 471 g/mol. The average molecular weight is 472 g/mol. The molecule has 0 unspecified atom stereocenters. The molecular formula is C23H23Cl2N5O2. The van der Waals surface area contributed by atoms with Crippen LogP contribution in [0.5, 0.6) is 5.88 Å². The van der Waals surface area contributed by atoms with Crippen molar-refractivity contribution in [3.05, 3.63) is 64.3 Å². The van der Waals surface area contributed by atoms with Gasteiger partial charge in [-0.25, -0.2) is 19.9 Å². The van der Waals surface area contributed by atoms with Gasteiger partial charge >= 0.3 is 0 Å². The molecule has 0 aliphatic carbocycles. The van der Waals surface area contributed by atoms with Crippen LogP contribution in [0.3, 0.4) is 0 Å². The van der Waals surface area contributed by atoms with Crippen molar-refractivity contribution in [1.82, 2.24) is 24.8 Å². The van der Waals surface area contributed by atoms with E-state index in [0.717, 1.165) is 18.5 Å². The van der Waals surface area contributed by atoms with Crippen LogP contribution in [0.1, 0.15) is 35.9 Å². The van der Waals surface area contributed by atoms with Gasteiger partial charge < -0.3 is 9.64 Å². The number of nitrogens with zero attached hydrogens (tertiary/aromatic N) is 5. The molecule has 7 nitrogen and oxygen atoms in total. The third-order valence-corrected chi connectivity index (χ3v) is 5.85. The highest BCUT2D eigenvalue weighted by atomic mass is 35.5. The van der Waals surface area contributed by atoms with Gasteiger partial charge in [0.15, 0.2) is 5.82 Å². The van der Waals surface area contributed by atoms with Crippen LogP contribution < -0.4 is 4.74 Å². The lowest BCUT2D eigenvalue weighted by Crippen LogP contribution is -2.49. The number of halogens is 2. The third-order valence-electron chi connectivity index (χ3n) is 5.44. The number of rotatable bonds is 5. The summed E-state index contributed by atoms with van der Waals surface area (Å²) < 4.78 is 5.89. The van der Waals surface area contributed by atoms with Crippen LogP contribution in [0, 0.1) is 12.8 Å². The molecule has 1 fully saturated rings. The lowest BCUT2D eigenvalue weighted by Gasteiger charge is -2.38. The Bertz CT molecular complexity index is 1090. The molecule has 1 saturated heterocycles. The minimum Gasteiger partial charge on any atom is -0.475 e. The lowest BCUT2D eigenvalue weighted by molar-refractivity contribution is 0.0450. The van der Waals surface area contributed by atoms with E-state index in [1.165, 1.54) is 0 Å². The molecule has 32 heavy (non-hydrogen) atoms. The quantitative estimate of drug-likeness (QED) is 0.493. The summed E-state index contributed by atoms with van der Waals surface area (Å²) in [5, 5.41) is 0.704. The summed E-state index contributed by atoms with van der Waals surface area (Å²) in [6, 6.07) is 8.46. The topological polar surface area (TPSA) is 81.1 Å². The fraction of sp³-hybridized carbons (Fsp3) is 0.348. The zero-order chi connectivity index (χ0) is 22.7. The standard InChI is InChI=1S/C23H23Cl2N5O2/c1-14-6-9-30(17(10-14)13-32-20-12-16(24)11-19(25)29-20)23(31)21-18(5-4-15(2)28-21)22-26-7-3-8-27-22/h3-5,7-8,11-12,14,17H,6,9-10,13H2,1-2H3/t14-,17+/m1/s1. The maximum absolute atomic E-state index is 13.7. The molecule has 9 heteroatoms. The second-order valence-corrected chi connectivity index (χ2v) is 8.78. The fourth-order valence-electron chi connectivity index (χ4n) is 3.85. The van der Waals surface area contributed by atoms with Gasteiger partial charge in [-0.15, -0.1) is 0 Å². The number of aryl methyl sites for hydroxylation is 1. The summed E-state index contributed by atoms with van der Waals surface area (Å²) in [6.45, 7) is 4.93. The Hall–Kier alpha value is -2.77. The summed E-state index contributed by atoms with van der Waals surface area (Å²) in [7, 11) is 0. The first-order valence-corrected chi connectivity index (χ1v) is 11.2. The van der Waals surface area contributed by atoms with E-state index in [1.54, 1.807) is 30.6 Å². The van der Waals surface area contributed by atoms with Gasteiger partial charge in [-0.1, -0.05) is 30.1 Å². The second-order valence-electron chi connectivity index (χ2n) is 7.96.